The summed E-state index contributed by atoms with van der Waals surface area (Å²) in [6.45, 7) is 5.03. The van der Waals surface area contributed by atoms with Crippen LogP contribution in [0.25, 0.3) is 0 Å². The van der Waals surface area contributed by atoms with Gasteiger partial charge in [-0.15, -0.1) is 11.3 Å². The fraction of sp³-hybridized carbons (Fsp3) is 0.550. The van der Waals surface area contributed by atoms with Crippen molar-refractivity contribution in [3.8, 4) is 0 Å². The van der Waals surface area contributed by atoms with Crippen LogP contribution >= 0.6 is 11.3 Å². The maximum Gasteiger partial charge on any atom is 0.264 e. The van der Waals surface area contributed by atoms with Gasteiger partial charge in [0, 0.05) is 49.9 Å². The molecule has 3 aliphatic rings. The van der Waals surface area contributed by atoms with E-state index >= 15 is 0 Å². The van der Waals surface area contributed by atoms with Crippen LogP contribution in [0, 0.1) is 0 Å². The molecular weight excluding hydrogens is 376 g/mol. The number of nitrogens with zero attached hydrogens (tertiary/aromatic N) is 4. The highest BCUT2D eigenvalue weighted by atomic mass is 32.1. The first-order valence-electron chi connectivity index (χ1n) is 9.91. The number of hydrogen-bond acceptors (Lipinski definition) is 7. The van der Waals surface area contributed by atoms with E-state index in [9.17, 15) is 4.79 Å². The number of thiophene rings is 1. The van der Waals surface area contributed by atoms with Gasteiger partial charge in [0.1, 0.15) is 0 Å². The quantitative estimate of drug-likeness (QED) is 0.769. The van der Waals surface area contributed by atoms with Gasteiger partial charge in [0.2, 0.25) is 5.95 Å². The number of aromatic nitrogens is 2. The van der Waals surface area contributed by atoms with E-state index in [1.807, 2.05) is 11.0 Å². The van der Waals surface area contributed by atoms with Gasteiger partial charge < -0.3 is 19.3 Å². The van der Waals surface area contributed by atoms with Crippen LogP contribution in [0.5, 0.6) is 0 Å². The van der Waals surface area contributed by atoms with Crippen molar-refractivity contribution in [2.24, 2.45) is 0 Å². The maximum atomic E-state index is 12.9. The molecule has 2 fully saturated rings. The van der Waals surface area contributed by atoms with E-state index < -0.39 is 0 Å². The van der Waals surface area contributed by atoms with Gasteiger partial charge >= 0.3 is 0 Å². The number of hydrogen-bond donors (Lipinski definition) is 0. The first-order valence-corrected chi connectivity index (χ1v) is 10.7. The van der Waals surface area contributed by atoms with Crippen molar-refractivity contribution in [2.45, 2.75) is 24.9 Å². The van der Waals surface area contributed by atoms with Gasteiger partial charge in [0.05, 0.1) is 30.3 Å². The molecule has 3 aliphatic heterocycles. The lowest BCUT2D eigenvalue weighted by Crippen LogP contribution is -2.46. The fourth-order valence-electron chi connectivity index (χ4n) is 4.38. The Bertz CT molecular complexity index is 842. The van der Waals surface area contributed by atoms with Gasteiger partial charge in [-0.1, -0.05) is 0 Å². The molecule has 5 rings (SSSR count). The van der Waals surface area contributed by atoms with Crippen LogP contribution in [-0.4, -0.2) is 66.8 Å². The molecule has 0 saturated carbocycles. The summed E-state index contributed by atoms with van der Waals surface area (Å²) < 4.78 is 11.7. The van der Waals surface area contributed by atoms with Crippen molar-refractivity contribution in [2.75, 3.05) is 50.9 Å². The Morgan fingerprint density at radius 1 is 1.07 bits per heavy atom. The minimum atomic E-state index is -0.279. The Kier molecular flexibility index (Phi) is 4.78. The number of fused-ring (bicyclic) bond motifs is 2. The summed E-state index contributed by atoms with van der Waals surface area (Å²) in [7, 11) is 0. The molecule has 2 aromatic heterocycles. The Morgan fingerprint density at radius 2 is 1.82 bits per heavy atom. The molecule has 0 unspecified atom stereocenters. The topological polar surface area (TPSA) is 67.8 Å². The van der Waals surface area contributed by atoms with E-state index in [0.717, 1.165) is 49.8 Å². The molecule has 1 spiro atoms. The minimum Gasteiger partial charge on any atom is -0.378 e. The zero-order chi connectivity index (χ0) is 19.0. The molecule has 0 aromatic carbocycles. The van der Waals surface area contributed by atoms with E-state index in [2.05, 4.69) is 20.9 Å². The molecule has 0 bridgehead atoms. The highest BCUT2D eigenvalue weighted by Gasteiger charge is 2.43. The number of morpholine rings is 1. The fourth-order valence-corrected chi connectivity index (χ4v) is 5.58. The third-order valence-corrected chi connectivity index (χ3v) is 7.11. The van der Waals surface area contributed by atoms with E-state index in [4.69, 9.17) is 9.47 Å². The van der Waals surface area contributed by atoms with Gasteiger partial charge in [-0.25, -0.2) is 9.97 Å². The lowest BCUT2D eigenvalue weighted by molar-refractivity contribution is -0.0758. The van der Waals surface area contributed by atoms with Crippen LogP contribution in [0.3, 0.4) is 0 Å². The molecule has 0 aliphatic carbocycles. The van der Waals surface area contributed by atoms with Gasteiger partial charge in [0.15, 0.2) is 0 Å². The number of carbonyl (C=O) groups is 1. The Hall–Kier alpha value is -2.03. The van der Waals surface area contributed by atoms with Gasteiger partial charge in [-0.3, -0.25) is 4.79 Å². The number of ether oxygens (including phenoxy) is 2. The number of carbonyl (C=O) groups excluding carboxylic acids is 1. The normalized spacial score (nSPS) is 21.6. The van der Waals surface area contributed by atoms with Crippen LogP contribution in [0.15, 0.2) is 24.5 Å². The molecule has 8 heteroatoms. The van der Waals surface area contributed by atoms with Crippen molar-refractivity contribution in [3.63, 3.8) is 0 Å². The summed E-state index contributed by atoms with van der Waals surface area (Å²) in [5.41, 5.74) is 0.952. The average Bonchev–Trinajstić information content (AvgIpc) is 3.21. The van der Waals surface area contributed by atoms with Crippen molar-refractivity contribution < 1.29 is 14.3 Å². The highest BCUT2D eigenvalue weighted by molar-refractivity contribution is 7.14. The van der Waals surface area contributed by atoms with Gasteiger partial charge in [-0.05, 0) is 30.5 Å². The van der Waals surface area contributed by atoms with Crippen molar-refractivity contribution in [3.05, 3.63) is 39.8 Å². The molecule has 148 valence electrons. The SMILES string of the molecule is O=C(c1cc2c(s1)CCOC21CCN(c2ncccn2)CC1)N1CCOCC1. The van der Waals surface area contributed by atoms with Crippen molar-refractivity contribution >= 4 is 23.2 Å². The van der Waals surface area contributed by atoms with Crippen molar-refractivity contribution in [1.29, 1.82) is 0 Å². The molecule has 0 atom stereocenters. The second-order valence-corrected chi connectivity index (χ2v) is 8.62. The molecule has 7 nitrogen and oxygen atoms in total. The molecule has 2 aromatic rings. The molecule has 1 amide bonds. The molecular formula is C20H24N4O3S. The van der Waals surface area contributed by atoms with E-state index in [0.29, 0.717) is 26.3 Å². The van der Waals surface area contributed by atoms with Crippen LogP contribution in [0.1, 0.15) is 33.0 Å². The Labute approximate surface area is 168 Å². The second kappa shape index (κ2) is 7.42. The molecule has 5 heterocycles. The standard InChI is InChI=1S/C20H24N4O3S/c25-18(23-9-12-26-13-10-23)17-14-15-16(28-17)2-11-27-20(15)3-7-24(8-4-20)19-21-5-1-6-22-19/h1,5-6,14H,2-4,7-13H2. The molecule has 0 N–H and O–H groups in total. The zero-order valence-electron chi connectivity index (χ0n) is 15.8. The zero-order valence-corrected chi connectivity index (χ0v) is 16.6. The molecule has 0 radical (unpaired) electrons. The van der Waals surface area contributed by atoms with Crippen LogP contribution in [0.4, 0.5) is 5.95 Å². The predicted octanol–water partition coefficient (Wildman–Crippen LogP) is 2.08. The largest absolute Gasteiger partial charge is 0.378 e. The Balaban J connectivity index is 1.36. The lowest BCUT2D eigenvalue weighted by atomic mass is 9.82. The van der Waals surface area contributed by atoms with Gasteiger partial charge in [0.25, 0.3) is 5.91 Å². The minimum absolute atomic E-state index is 0.132. The summed E-state index contributed by atoms with van der Waals surface area (Å²) in [4.78, 5) is 28.0. The summed E-state index contributed by atoms with van der Waals surface area (Å²) in [5.74, 6) is 0.912. The smallest absolute Gasteiger partial charge is 0.264 e. The van der Waals surface area contributed by atoms with E-state index in [1.54, 1.807) is 23.7 Å². The highest BCUT2D eigenvalue weighted by Crippen LogP contribution is 2.45. The van der Waals surface area contributed by atoms with E-state index in [-0.39, 0.29) is 11.5 Å². The summed E-state index contributed by atoms with van der Waals surface area (Å²) in [6, 6.07) is 3.94. The summed E-state index contributed by atoms with van der Waals surface area (Å²) >= 11 is 1.65. The lowest BCUT2D eigenvalue weighted by Gasteiger charge is -2.44. The number of piperidine rings is 1. The number of rotatable bonds is 2. The molecule has 28 heavy (non-hydrogen) atoms. The maximum absolute atomic E-state index is 12.9. The monoisotopic (exact) mass is 400 g/mol. The van der Waals surface area contributed by atoms with Crippen LogP contribution in [-0.2, 0) is 21.5 Å². The third-order valence-electron chi connectivity index (χ3n) is 5.92. The van der Waals surface area contributed by atoms with Gasteiger partial charge in [-0.2, -0.15) is 0 Å². The van der Waals surface area contributed by atoms with Crippen LogP contribution in [0.2, 0.25) is 0 Å². The van der Waals surface area contributed by atoms with Crippen molar-refractivity contribution in [1.82, 2.24) is 14.9 Å². The summed E-state index contributed by atoms with van der Waals surface area (Å²) in [5, 5.41) is 0. The predicted molar refractivity (Wildman–Crippen MR) is 106 cm³/mol. The van der Waals surface area contributed by atoms with Crippen LogP contribution < -0.4 is 4.90 Å². The first kappa shape index (κ1) is 18.0. The first-order chi connectivity index (χ1) is 13.8. The number of amides is 1. The average molecular weight is 401 g/mol. The number of anilines is 1. The second-order valence-electron chi connectivity index (χ2n) is 7.48. The Morgan fingerprint density at radius 3 is 2.57 bits per heavy atom. The third kappa shape index (κ3) is 3.19. The van der Waals surface area contributed by atoms with E-state index in [1.165, 1.54) is 10.4 Å². The summed E-state index contributed by atoms with van der Waals surface area (Å²) in [6.07, 6.45) is 6.23. The molecule has 2 saturated heterocycles.